The lowest BCUT2D eigenvalue weighted by atomic mass is 9.98. The average Bonchev–Trinajstić information content (AvgIpc) is 2.95. The monoisotopic (exact) mass is 554 g/mol. The summed E-state index contributed by atoms with van der Waals surface area (Å²) >= 11 is 6.37. The molecule has 0 unspecified atom stereocenters. The maximum Gasteiger partial charge on any atom is 0.260 e. The summed E-state index contributed by atoms with van der Waals surface area (Å²) in [4.78, 5) is 37.6. The maximum atomic E-state index is 12.7. The van der Waals surface area contributed by atoms with Gasteiger partial charge in [-0.1, -0.05) is 35.9 Å². The minimum Gasteiger partial charge on any atom is -0.482 e. The number of carbonyl (C=O) groups excluding carboxylic acids is 3. The van der Waals surface area contributed by atoms with E-state index < -0.39 is 6.10 Å². The normalized spacial score (nSPS) is 16.8. The van der Waals surface area contributed by atoms with Crippen molar-refractivity contribution in [3.63, 3.8) is 0 Å². The van der Waals surface area contributed by atoms with Crippen LogP contribution < -0.4 is 15.5 Å². The molecule has 1 fully saturated rings. The van der Waals surface area contributed by atoms with Crippen LogP contribution in [0.15, 0.2) is 47.6 Å². The number of aliphatic hydroxyl groups excluding tert-OH is 1. The van der Waals surface area contributed by atoms with Crippen LogP contribution in [0.3, 0.4) is 0 Å². The molecule has 4 rings (SSSR count). The van der Waals surface area contributed by atoms with Gasteiger partial charge < -0.3 is 20.1 Å². The van der Waals surface area contributed by atoms with Gasteiger partial charge in [0.2, 0.25) is 5.91 Å². The molecule has 0 aromatic heterocycles. The van der Waals surface area contributed by atoms with Crippen LogP contribution in [0.1, 0.15) is 60.5 Å². The van der Waals surface area contributed by atoms with Gasteiger partial charge in [0, 0.05) is 44.1 Å². The van der Waals surface area contributed by atoms with E-state index in [-0.39, 0.29) is 30.2 Å². The van der Waals surface area contributed by atoms with Crippen molar-refractivity contribution in [3.05, 3.63) is 64.2 Å². The predicted octanol–water partition coefficient (Wildman–Crippen LogP) is 3.11. The van der Waals surface area contributed by atoms with Crippen molar-refractivity contribution < 1.29 is 24.2 Å². The van der Waals surface area contributed by atoms with E-state index in [4.69, 9.17) is 16.3 Å². The van der Waals surface area contributed by atoms with Gasteiger partial charge in [-0.05, 0) is 61.9 Å². The lowest BCUT2D eigenvalue weighted by molar-refractivity contribution is -0.134. The third kappa shape index (κ3) is 8.11. The first-order valence-electron chi connectivity index (χ1n) is 13.4. The smallest absolute Gasteiger partial charge is 0.260 e. The molecule has 1 atom stereocenters. The molecule has 0 bridgehead atoms. The van der Waals surface area contributed by atoms with Crippen LogP contribution in [0.25, 0.3) is 0 Å². The summed E-state index contributed by atoms with van der Waals surface area (Å²) < 4.78 is 5.70. The maximum absolute atomic E-state index is 12.7. The summed E-state index contributed by atoms with van der Waals surface area (Å²) in [5.41, 5.74) is 5.70. The number of hydrogen-bond acceptors (Lipinski definition) is 7. The second-order valence-corrected chi connectivity index (χ2v) is 10.4. The first-order valence-corrected chi connectivity index (χ1v) is 13.7. The van der Waals surface area contributed by atoms with Crippen LogP contribution in [0.2, 0.25) is 5.02 Å². The predicted molar refractivity (Wildman–Crippen MR) is 149 cm³/mol. The molecule has 2 heterocycles. The van der Waals surface area contributed by atoms with Crippen molar-refractivity contribution in [1.29, 1.82) is 0 Å². The van der Waals surface area contributed by atoms with E-state index >= 15 is 0 Å². The number of ketones is 1. The Morgan fingerprint density at radius 3 is 2.67 bits per heavy atom. The number of nitrogens with zero attached hydrogens (tertiary/aromatic N) is 2. The van der Waals surface area contributed by atoms with Crippen molar-refractivity contribution >= 4 is 34.9 Å². The summed E-state index contributed by atoms with van der Waals surface area (Å²) in [6.07, 6.45) is 3.21. The quantitative estimate of drug-likeness (QED) is 0.367. The van der Waals surface area contributed by atoms with Crippen LogP contribution >= 0.6 is 11.6 Å². The summed E-state index contributed by atoms with van der Waals surface area (Å²) in [5.74, 6) is 0.251. The molecule has 10 heteroatoms. The highest BCUT2D eigenvalue weighted by Crippen LogP contribution is 2.27. The Morgan fingerprint density at radius 2 is 1.97 bits per heavy atom. The largest absolute Gasteiger partial charge is 0.482 e. The number of hydrazone groups is 1. The number of halogens is 1. The summed E-state index contributed by atoms with van der Waals surface area (Å²) in [6, 6.07) is 13.0. The summed E-state index contributed by atoms with van der Waals surface area (Å²) in [7, 11) is 0. The van der Waals surface area contributed by atoms with Gasteiger partial charge in [-0.2, -0.15) is 5.10 Å². The highest BCUT2D eigenvalue weighted by atomic mass is 35.5. The SMILES string of the molecule is CC(=O)c1ccccc1CC[C@@H](O)CNC1CCN(C(=O)COc2ccc(C3=NNC(=O)CC3)cc2Cl)CC1. The van der Waals surface area contributed by atoms with Gasteiger partial charge in [0.05, 0.1) is 16.8 Å². The second kappa shape index (κ2) is 13.7. The number of carbonyl (C=O) groups is 3. The first kappa shape index (κ1) is 28.7. The van der Waals surface area contributed by atoms with Crippen LogP contribution in [-0.2, 0) is 16.0 Å². The van der Waals surface area contributed by atoms with E-state index in [0.29, 0.717) is 61.7 Å². The van der Waals surface area contributed by atoms with Crippen molar-refractivity contribution in [2.24, 2.45) is 5.10 Å². The van der Waals surface area contributed by atoms with Crippen LogP contribution in [0, 0.1) is 0 Å². The Bertz CT molecular complexity index is 1230. The Morgan fingerprint density at radius 1 is 1.21 bits per heavy atom. The standard InChI is InChI=1S/C29H35ClN4O5/c1-19(35)24-5-3-2-4-20(24)6-8-23(36)17-31-22-12-14-34(15-13-22)29(38)18-39-27-10-7-21(16-25(27)30)26-9-11-28(37)33-32-26/h2-5,7,10,16,22-23,31,36H,6,8-9,11-15,17-18H2,1H3,(H,33,37)/t23-/m1/s1. The lowest BCUT2D eigenvalue weighted by Crippen LogP contribution is -2.47. The molecular weight excluding hydrogens is 520 g/mol. The van der Waals surface area contributed by atoms with Crippen LogP contribution in [0.4, 0.5) is 0 Å². The molecule has 9 nitrogen and oxygen atoms in total. The number of rotatable bonds is 11. The van der Waals surface area contributed by atoms with E-state index in [1.54, 1.807) is 24.0 Å². The minimum atomic E-state index is -0.516. The van der Waals surface area contributed by atoms with E-state index in [2.05, 4.69) is 15.8 Å². The molecule has 2 amide bonds. The van der Waals surface area contributed by atoms with Gasteiger partial charge >= 0.3 is 0 Å². The van der Waals surface area contributed by atoms with E-state index in [1.807, 2.05) is 30.3 Å². The van der Waals surface area contributed by atoms with Gasteiger partial charge in [-0.15, -0.1) is 0 Å². The molecule has 39 heavy (non-hydrogen) atoms. The molecule has 1 saturated heterocycles. The molecule has 208 valence electrons. The zero-order valence-electron chi connectivity index (χ0n) is 22.1. The zero-order chi connectivity index (χ0) is 27.8. The lowest BCUT2D eigenvalue weighted by Gasteiger charge is -2.33. The Hall–Kier alpha value is -3.27. The number of benzene rings is 2. The number of hydrogen-bond donors (Lipinski definition) is 3. The van der Waals surface area contributed by atoms with Gasteiger partial charge in [-0.25, -0.2) is 5.43 Å². The molecule has 3 N–H and O–H groups in total. The van der Waals surface area contributed by atoms with Crippen molar-refractivity contribution in [2.45, 2.75) is 57.6 Å². The minimum absolute atomic E-state index is 0.0356. The van der Waals surface area contributed by atoms with Crippen molar-refractivity contribution in [3.8, 4) is 5.75 Å². The molecule has 0 aliphatic carbocycles. The number of Topliss-reactive ketones (excluding diaryl/α,β-unsaturated/α-hetero) is 1. The molecule has 0 spiro atoms. The fraction of sp³-hybridized carbons (Fsp3) is 0.448. The number of amides is 2. The highest BCUT2D eigenvalue weighted by molar-refractivity contribution is 6.32. The Labute approximate surface area is 233 Å². The van der Waals surface area contributed by atoms with Gasteiger partial charge in [0.25, 0.3) is 5.91 Å². The number of ether oxygens (including phenoxy) is 1. The van der Waals surface area contributed by atoms with E-state index in [1.165, 1.54) is 0 Å². The third-order valence-electron chi connectivity index (χ3n) is 7.15. The fourth-order valence-electron chi connectivity index (χ4n) is 4.85. The fourth-order valence-corrected chi connectivity index (χ4v) is 5.09. The second-order valence-electron chi connectivity index (χ2n) is 10.00. The summed E-state index contributed by atoms with van der Waals surface area (Å²) in [5, 5.41) is 18.3. The molecular formula is C29H35ClN4O5. The zero-order valence-corrected chi connectivity index (χ0v) is 22.9. The number of nitrogens with one attached hydrogen (secondary N) is 2. The van der Waals surface area contributed by atoms with E-state index in [0.717, 1.165) is 29.7 Å². The van der Waals surface area contributed by atoms with Gasteiger partial charge in [-0.3, -0.25) is 14.4 Å². The van der Waals surface area contributed by atoms with Crippen molar-refractivity contribution in [1.82, 2.24) is 15.6 Å². The molecule has 0 radical (unpaired) electrons. The summed E-state index contributed by atoms with van der Waals surface area (Å²) in [6.45, 7) is 3.15. The molecule has 2 aliphatic rings. The average molecular weight is 555 g/mol. The Balaban J connectivity index is 1.16. The van der Waals surface area contributed by atoms with E-state index in [9.17, 15) is 19.5 Å². The number of likely N-dealkylation sites (tertiary alicyclic amines) is 1. The Kier molecular flexibility index (Phi) is 10.1. The molecule has 2 aromatic rings. The molecule has 0 saturated carbocycles. The van der Waals surface area contributed by atoms with Crippen LogP contribution in [-0.4, -0.2) is 71.7 Å². The number of aliphatic hydroxyl groups is 1. The third-order valence-corrected chi connectivity index (χ3v) is 7.45. The van der Waals surface area contributed by atoms with Crippen molar-refractivity contribution in [2.75, 3.05) is 26.2 Å². The topological polar surface area (TPSA) is 120 Å². The van der Waals surface area contributed by atoms with Crippen LogP contribution in [0.5, 0.6) is 5.75 Å². The van der Waals surface area contributed by atoms with Gasteiger partial charge in [0.1, 0.15) is 5.75 Å². The highest BCUT2D eigenvalue weighted by Gasteiger charge is 2.24. The number of piperidine rings is 1. The molecule has 2 aromatic carbocycles. The first-order chi connectivity index (χ1) is 18.8. The van der Waals surface area contributed by atoms with Gasteiger partial charge in [0.15, 0.2) is 12.4 Å². The molecule has 2 aliphatic heterocycles. The number of aryl methyl sites for hydroxylation is 1.